The minimum atomic E-state index is -0.133. The number of nitrogens with zero attached hydrogens (tertiary/aromatic N) is 4. The lowest BCUT2D eigenvalue weighted by atomic mass is 9.97. The fraction of sp³-hybridized carbons (Fsp3) is 0.421. The van der Waals surface area contributed by atoms with Crippen LogP contribution in [0.4, 0.5) is 0 Å². The Balaban J connectivity index is 1.94. The fourth-order valence-electron chi connectivity index (χ4n) is 3.19. The Morgan fingerprint density at radius 3 is 2.56 bits per heavy atom. The van der Waals surface area contributed by atoms with E-state index in [1.807, 2.05) is 56.3 Å². The third-order valence-electron chi connectivity index (χ3n) is 4.33. The van der Waals surface area contributed by atoms with Crippen molar-refractivity contribution >= 4 is 5.91 Å². The number of morpholine rings is 1. The van der Waals surface area contributed by atoms with E-state index in [0.717, 1.165) is 12.1 Å². The van der Waals surface area contributed by atoms with E-state index in [2.05, 4.69) is 14.9 Å². The molecule has 0 saturated carbocycles. The second kappa shape index (κ2) is 7.72. The van der Waals surface area contributed by atoms with Crippen molar-refractivity contribution in [2.75, 3.05) is 33.8 Å². The number of aryl methyl sites for hydroxylation is 1. The quantitative estimate of drug-likeness (QED) is 0.851. The Kier molecular flexibility index (Phi) is 5.40. The molecular formula is C19H24N4O2. The molecule has 25 heavy (non-hydrogen) atoms. The molecule has 1 aromatic heterocycles. The van der Waals surface area contributed by atoms with E-state index < -0.39 is 0 Å². The molecule has 6 heteroatoms. The standard InChI is InChI=1S/C19H24N4O2/c1-14-20-11-16(12-21-14)19(24)23-9-10-25-17(13-22(2)3)18(23)15-7-5-4-6-8-15/h4-8,11-12,17-18H,9-10,13H2,1-3H3/t17-,18-/m0/s1. The van der Waals surface area contributed by atoms with E-state index >= 15 is 0 Å². The van der Waals surface area contributed by atoms with E-state index in [1.165, 1.54) is 0 Å². The van der Waals surface area contributed by atoms with Crippen molar-refractivity contribution in [2.45, 2.75) is 19.1 Å². The Labute approximate surface area is 148 Å². The summed E-state index contributed by atoms with van der Waals surface area (Å²) in [6.45, 7) is 3.63. The average molecular weight is 340 g/mol. The first-order valence-corrected chi connectivity index (χ1v) is 8.47. The number of hydrogen-bond acceptors (Lipinski definition) is 5. The van der Waals surface area contributed by atoms with E-state index in [9.17, 15) is 4.79 Å². The van der Waals surface area contributed by atoms with Crippen LogP contribution in [0, 0.1) is 6.92 Å². The molecule has 2 aromatic rings. The molecule has 0 spiro atoms. The lowest BCUT2D eigenvalue weighted by molar-refractivity contribution is -0.0684. The molecule has 3 rings (SSSR count). The van der Waals surface area contributed by atoms with Gasteiger partial charge in [0.15, 0.2) is 0 Å². The summed E-state index contributed by atoms with van der Waals surface area (Å²) in [5.41, 5.74) is 1.59. The molecule has 0 aliphatic carbocycles. The van der Waals surface area contributed by atoms with Gasteiger partial charge >= 0.3 is 0 Å². The maximum absolute atomic E-state index is 13.1. The predicted octanol–water partition coefficient (Wildman–Crippen LogP) is 1.93. The van der Waals surface area contributed by atoms with Crippen molar-refractivity contribution in [3.05, 3.63) is 59.7 Å². The summed E-state index contributed by atoms with van der Waals surface area (Å²) >= 11 is 0. The van der Waals surface area contributed by atoms with Crippen LogP contribution in [0.15, 0.2) is 42.7 Å². The second-order valence-electron chi connectivity index (χ2n) is 6.54. The zero-order valence-corrected chi connectivity index (χ0v) is 14.9. The van der Waals surface area contributed by atoms with Gasteiger partial charge in [-0.3, -0.25) is 4.79 Å². The van der Waals surface area contributed by atoms with Crippen LogP contribution in [0.3, 0.4) is 0 Å². The van der Waals surface area contributed by atoms with Gasteiger partial charge in [0.1, 0.15) is 5.82 Å². The average Bonchev–Trinajstić information content (AvgIpc) is 2.62. The minimum Gasteiger partial charge on any atom is -0.373 e. The molecule has 2 heterocycles. The van der Waals surface area contributed by atoms with Crippen LogP contribution in [0.5, 0.6) is 0 Å². The second-order valence-corrected chi connectivity index (χ2v) is 6.54. The number of aromatic nitrogens is 2. The molecule has 0 bridgehead atoms. The third kappa shape index (κ3) is 4.03. The number of rotatable bonds is 4. The first-order chi connectivity index (χ1) is 12.1. The lowest BCUT2D eigenvalue weighted by Gasteiger charge is -2.42. The first kappa shape index (κ1) is 17.5. The van der Waals surface area contributed by atoms with Crippen LogP contribution in [0.1, 0.15) is 27.8 Å². The number of carbonyl (C=O) groups is 1. The van der Waals surface area contributed by atoms with Crippen molar-refractivity contribution in [1.29, 1.82) is 0 Å². The number of amides is 1. The third-order valence-corrected chi connectivity index (χ3v) is 4.33. The Morgan fingerprint density at radius 2 is 1.92 bits per heavy atom. The van der Waals surface area contributed by atoms with Gasteiger partial charge < -0.3 is 14.5 Å². The monoisotopic (exact) mass is 340 g/mol. The van der Waals surface area contributed by atoms with Crippen LogP contribution in [-0.2, 0) is 4.74 Å². The maximum atomic E-state index is 13.1. The van der Waals surface area contributed by atoms with Crippen molar-refractivity contribution in [1.82, 2.24) is 19.8 Å². The summed E-state index contributed by atoms with van der Waals surface area (Å²) in [6.07, 6.45) is 3.12. The van der Waals surface area contributed by atoms with Gasteiger partial charge in [-0.1, -0.05) is 30.3 Å². The molecule has 1 saturated heterocycles. The normalized spacial score (nSPS) is 20.7. The Bertz CT molecular complexity index is 703. The minimum absolute atomic E-state index is 0.0547. The molecule has 1 aromatic carbocycles. The van der Waals surface area contributed by atoms with Crippen LogP contribution < -0.4 is 0 Å². The van der Waals surface area contributed by atoms with Crippen LogP contribution in [0.2, 0.25) is 0 Å². The number of hydrogen-bond donors (Lipinski definition) is 0. The first-order valence-electron chi connectivity index (χ1n) is 8.47. The largest absolute Gasteiger partial charge is 0.373 e. The molecule has 1 amide bonds. The zero-order valence-electron chi connectivity index (χ0n) is 14.9. The highest BCUT2D eigenvalue weighted by molar-refractivity contribution is 5.94. The van der Waals surface area contributed by atoms with Gasteiger partial charge in [-0.25, -0.2) is 9.97 Å². The molecule has 0 radical (unpaired) electrons. The van der Waals surface area contributed by atoms with Crippen molar-refractivity contribution in [3.63, 3.8) is 0 Å². The van der Waals surface area contributed by atoms with E-state index in [0.29, 0.717) is 24.5 Å². The highest BCUT2D eigenvalue weighted by Gasteiger charge is 2.37. The van der Waals surface area contributed by atoms with Crippen molar-refractivity contribution < 1.29 is 9.53 Å². The van der Waals surface area contributed by atoms with E-state index in [4.69, 9.17) is 4.74 Å². The molecule has 1 aliphatic rings. The van der Waals surface area contributed by atoms with Crippen molar-refractivity contribution in [2.24, 2.45) is 0 Å². The molecule has 1 fully saturated rings. The molecule has 6 nitrogen and oxygen atoms in total. The maximum Gasteiger partial charge on any atom is 0.257 e. The van der Waals surface area contributed by atoms with Gasteiger partial charge in [0.25, 0.3) is 5.91 Å². The number of benzene rings is 1. The molecule has 1 aliphatic heterocycles. The number of ether oxygens (including phenoxy) is 1. The smallest absolute Gasteiger partial charge is 0.257 e. The van der Waals surface area contributed by atoms with Gasteiger partial charge in [-0.2, -0.15) is 0 Å². The molecule has 132 valence electrons. The summed E-state index contributed by atoms with van der Waals surface area (Å²) in [4.78, 5) is 25.4. The van der Waals surface area contributed by atoms with Crippen molar-refractivity contribution in [3.8, 4) is 0 Å². The number of likely N-dealkylation sites (N-methyl/N-ethyl adjacent to an activating group) is 1. The summed E-state index contributed by atoms with van der Waals surface area (Å²) in [7, 11) is 4.03. The van der Waals surface area contributed by atoms with Crippen LogP contribution >= 0.6 is 0 Å². The number of carbonyl (C=O) groups excluding carboxylic acids is 1. The zero-order chi connectivity index (χ0) is 17.8. The molecule has 0 N–H and O–H groups in total. The SMILES string of the molecule is Cc1ncc(C(=O)N2CCO[C@@H](CN(C)C)[C@@H]2c2ccccc2)cn1. The van der Waals surface area contributed by atoms with Gasteiger partial charge in [0, 0.05) is 25.5 Å². The fourth-order valence-corrected chi connectivity index (χ4v) is 3.19. The van der Waals surface area contributed by atoms with Gasteiger partial charge in [-0.15, -0.1) is 0 Å². The van der Waals surface area contributed by atoms with E-state index in [-0.39, 0.29) is 18.1 Å². The van der Waals surface area contributed by atoms with Gasteiger partial charge in [0.05, 0.1) is 24.3 Å². The molecule has 2 atom stereocenters. The van der Waals surface area contributed by atoms with Gasteiger partial charge in [0.2, 0.25) is 0 Å². The Hall–Kier alpha value is -2.31. The van der Waals surface area contributed by atoms with Crippen LogP contribution in [-0.4, -0.2) is 65.6 Å². The highest BCUT2D eigenvalue weighted by atomic mass is 16.5. The molecular weight excluding hydrogens is 316 g/mol. The van der Waals surface area contributed by atoms with E-state index in [1.54, 1.807) is 12.4 Å². The van der Waals surface area contributed by atoms with Gasteiger partial charge in [-0.05, 0) is 26.6 Å². The predicted molar refractivity (Wildman–Crippen MR) is 95.3 cm³/mol. The highest BCUT2D eigenvalue weighted by Crippen LogP contribution is 2.31. The lowest BCUT2D eigenvalue weighted by Crippen LogP contribution is -2.51. The van der Waals surface area contributed by atoms with Crippen LogP contribution in [0.25, 0.3) is 0 Å². The summed E-state index contributed by atoms with van der Waals surface area (Å²) in [6, 6.07) is 9.93. The topological polar surface area (TPSA) is 58.6 Å². The summed E-state index contributed by atoms with van der Waals surface area (Å²) in [5.74, 6) is 0.601. The summed E-state index contributed by atoms with van der Waals surface area (Å²) < 4.78 is 6.02. The Morgan fingerprint density at radius 1 is 1.24 bits per heavy atom. The summed E-state index contributed by atoms with van der Waals surface area (Å²) in [5, 5.41) is 0. The molecule has 0 unspecified atom stereocenters.